The number of aryl methyl sites for hydroxylation is 3. The average molecular weight is 469 g/mol. The van der Waals surface area contributed by atoms with E-state index in [1.54, 1.807) is 25.6 Å². The highest BCUT2D eigenvalue weighted by Gasteiger charge is 2.35. The number of nitrogens with one attached hydrogen (secondary N) is 1. The Morgan fingerprint density at radius 1 is 1.21 bits per heavy atom. The van der Waals surface area contributed by atoms with Crippen LogP contribution in [0.25, 0.3) is 0 Å². The van der Waals surface area contributed by atoms with E-state index in [2.05, 4.69) is 26.3 Å². The summed E-state index contributed by atoms with van der Waals surface area (Å²) in [6, 6.07) is 5.66. The van der Waals surface area contributed by atoms with Crippen molar-refractivity contribution in [2.24, 2.45) is 13.0 Å². The van der Waals surface area contributed by atoms with E-state index in [9.17, 15) is 13.2 Å². The predicted octanol–water partition coefficient (Wildman–Crippen LogP) is 3.15. The SMILES string of the molecule is Cc1cc(NC(=O)C2CCN(S(=O)(=O)c3c(C)nn(C)c3C)CC2)ccc1Br. The van der Waals surface area contributed by atoms with Gasteiger partial charge in [0.1, 0.15) is 4.90 Å². The van der Waals surface area contributed by atoms with Crippen LogP contribution in [0, 0.1) is 26.7 Å². The summed E-state index contributed by atoms with van der Waals surface area (Å²) in [5.41, 5.74) is 2.93. The van der Waals surface area contributed by atoms with Crippen LogP contribution in [0.2, 0.25) is 0 Å². The minimum Gasteiger partial charge on any atom is -0.326 e. The summed E-state index contributed by atoms with van der Waals surface area (Å²) >= 11 is 3.45. The second-order valence-electron chi connectivity index (χ2n) is 7.26. The number of carbonyl (C=O) groups excluding carboxylic acids is 1. The molecular weight excluding hydrogens is 444 g/mol. The number of amides is 1. The largest absolute Gasteiger partial charge is 0.326 e. The maximum atomic E-state index is 13.0. The van der Waals surface area contributed by atoms with E-state index in [0.29, 0.717) is 37.3 Å². The van der Waals surface area contributed by atoms with Gasteiger partial charge in [0.2, 0.25) is 15.9 Å². The molecular formula is C19H25BrN4O3S. The predicted molar refractivity (Wildman–Crippen MR) is 112 cm³/mol. The van der Waals surface area contributed by atoms with Gasteiger partial charge in [-0.15, -0.1) is 0 Å². The quantitative estimate of drug-likeness (QED) is 0.746. The smallest absolute Gasteiger partial charge is 0.246 e. The van der Waals surface area contributed by atoms with Crippen molar-refractivity contribution in [1.82, 2.24) is 14.1 Å². The Morgan fingerprint density at radius 3 is 2.39 bits per heavy atom. The van der Waals surface area contributed by atoms with Crippen LogP contribution in [0.5, 0.6) is 0 Å². The number of rotatable bonds is 4. The first-order valence-electron chi connectivity index (χ1n) is 9.18. The van der Waals surface area contributed by atoms with Gasteiger partial charge in [-0.1, -0.05) is 15.9 Å². The molecule has 0 atom stereocenters. The Morgan fingerprint density at radius 2 is 1.86 bits per heavy atom. The molecule has 3 rings (SSSR count). The Balaban J connectivity index is 1.66. The summed E-state index contributed by atoms with van der Waals surface area (Å²) in [7, 11) is -1.87. The molecule has 7 nitrogen and oxygen atoms in total. The first kappa shape index (κ1) is 21.0. The molecule has 1 aliphatic rings. The Labute approximate surface area is 174 Å². The second-order valence-corrected chi connectivity index (χ2v) is 9.98. The van der Waals surface area contributed by atoms with Crippen molar-refractivity contribution >= 4 is 37.5 Å². The van der Waals surface area contributed by atoms with Crippen LogP contribution in [-0.2, 0) is 21.9 Å². The molecule has 0 unspecified atom stereocenters. The van der Waals surface area contributed by atoms with Gasteiger partial charge >= 0.3 is 0 Å². The molecule has 1 fully saturated rings. The van der Waals surface area contributed by atoms with E-state index in [4.69, 9.17) is 0 Å². The van der Waals surface area contributed by atoms with Crippen molar-refractivity contribution in [3.63, 3.8) is 0 Å². The van der Waals surface area contributed by atoms with E-state index in [0.717, 1.165) is 15.7 Å². The lowest BCUT2D eigenvalue weighted by molar-refractivity contribution is -0.120. The van der Waals surface area contributed by atoms with Crippen LogP contribution in [-0.4, -0.2) is 41.5 Å². The van der Waals surface area contributed by atoms with Crippen LogP contribution in [0.4, 0.5) is 5.69 Å². The van der Waals surface area contributed by atoms with Crippen molar-refractivity contribution < 1.29 is 13.2 Å². The number of halogens is 1. The third-order valence-electron chi connectivity index (χ3n) is 5.29. The Bertz CT molecular complexity index is 1010. The molecule has 0 spiro atoms. The molecule has 0 bridgehead atoms. The molecule has 2 heterocycles. The molecule has 0 saturated carbocycles. The lowest BCUT2D eigenvalue weighted by Crippen LogP contribution is -2.41. The number of hydrogen-bond acceptors (Lipinski definition) is 4. The van der Waals surface area contributed by atoms with Gasteiger partial charge in [0.25, 0.3) is 0 Å². The monoisotopic (exact) mass is 468 g/mol. The number of anilines is 1. The van der Waals surface area contributed by atoms with E-state index in [1.165, 1.54) is 4.31 Å². The summed E-state index contributed by atoms with van der Waals surface area (Å²) in [4.78, 5) is 12.9. The minimum absolute atomic E-state index is 0.0625. The van der Waals surface area contributed by atoms with E-state index in [1.807, 2.05) is 25.1 Å². The van der Waals surface area contributed by atoms with Crippen LogP contribution in [0.1, 0.15) is 29.8 Å². The summed E-state index contributed by atoms with van der Waals surface area (Å²) in [5.74, 6) is -0.265. The molecule has 0 radical (unpaired) electrons. The second kappa shape index (κ2) is 7.96. The molecule has 1 aromatic heterocycles. The van der Waals surface area contributed by atoms with Gasteiger partial charge in [-0.25, -0.2) is 8.42 Å². The number of sulfonamides is 1. The number of carbonyl (C=O) groups is 1. The van der Waals surface area contributed by atoms with Crippen molar-refractivity contribution in [2.75, 3.05) is 18.4 Å². The zero-order valence-electron chi connectivity index (χ0n) is 16.5. The number of piperidine rings is 1. The van der Waals surface area contributed by atoms with Gasteiger partial charge in [0.15, 0.2) is 0 Å². The fourth-order valence-electron chi connectivity index (χ4n) is 3.58. The topological polar surface area (TPSA) is 84.3 Å². The molecule has 1 saturated heterocycles. The zero-order valence-corrected chi connectivity index (χ0v) is 18.9. The highest BCUT2D eigenvalue weighted by molar-refractivity contribution is 9.10. The van der Waals surface area contributed by atoms with E-state index >= 15 is 0 Å². The lowest BCUT2D eigenvalue weighted by Gasteiger charge is -2.30. The van der Waals surface area contributed by atoms with Gasteiger partial charge in [-0.2, -0.15) is 9.40 Å². The van der Waals surface area contributed by atoms with Crippen LogP contribution < -0.4 is 5.32 Å². The molecule has 152 valence electrons. The maximum absolute atomic E-state index is 13.0. The molecule has 2 aromatic rings. The van der Waals surface area contributed by atoms with Crippen molar-refractivity contribution in [3.05, 3.63) is 39.6 Å². The minimum atomic E-state index is -3.61. The third kappa shape index (κ3) is 4.01. The number of hydrogen-bond donors (Lipinski definition) is 1. The average Bonchev–Trinajstić information content (AvgIpc) is 2.90. The maximum Gasteiger partial charge on any atom is 0.246 e. The normalized spacial score (nSPS) is 16.3. The van der Waals surface area contributed by atoms with E-state index < -0.39 is 10.0 Å². The van der Waals surface area contributed by atoms with Gasteiger partial charge in [-0.3, -0.25) is 9.48 Å². The molecule has 1 aliphatic heterocycles. The molecule has 1 N–H and O–H groups in total. The van der Waals surface area contributed by atoms with Gasteiger partial charge in [0, 0.05) is 36.2 Å². The molecule has 0 aliphatic carbocycles. The molecule has 9 heteroatoms. The number of aromatic nitrogens is 2. The molecule has 1 aromatic carbocycles. The van der Waals surface area contributed by atoms with Gasteiger partial charge in [-0.05, 0) is 57.4 Å². The summed E-state index contributed by atoms with van der Waals surface area (Å²) < 4.78 is 30.1. The Kier molecular flexibility index (Phi) is 5.97. The number of benzene rings is 1. The lowest BCUT2D eigenvalue weighted by atomic mass is 9.97. The fourth-order valence-corrected chi connectivity index (χ4v) is 5.70. The van der Waals surface area contributed by atoms with Gasteiger partial charge < -0.3 is 5.32 Å². The van der Waals surface area contributed by atoms with Crippen LogP contribution >= 0.6 is 15.9 Å². The first-order valence-corrected chi connectivity index (χ1v) is 11.4. The van der Waals surface area contributed by atoms with Gasteiger partial charge in [0.05, 0.1) is 11.4 Å². The summed E-state index contributed by atoms with van der Waals surface area (Å²) in [6.07, 6.45) is 0.998. The van der Waals surface area contributed by atoms with Crippen molar-refractivity contribution in [1.29, 1.82) is 0 Å². The fraction of sp³-hybridized carbons (Fsp3) is 0.474. The van der Waals surface area contributed by atoms with Crippen molar-refractivity contribution in [3.8, 4) is 0 Å². The third-order valence-corrected chi connectivity index (χ3v) is 8.33. The Hall–Kier alpha value is -1.71. The molecule has 28 heavy (non-hydrogen) atoms. The summed E-state index contributed by atoms with van der Waals surface area (Å²) in [6.45, 7) is 6.08. The highest BCUT2D eigenvalue weighted by atomic mass is 79.9. The zero-order chi connectivity index (χ0) is 20.6. The first-order chi connectivity index (χ1) is 13.1. The number of nitrogens with zero attached hydrogens (tertiary/aromatic N) is 3. The van der Waals surface area contributed by atoms with Crippen molar-refractivity contribution in [2.45, 2.75) is 38.5 Å². The standard InChI is InChI=1S/C19H25BrN4O3S/c1-12-11-16(5-6-17(12)20)21-19(25)15-7-9-24(10-8-15)28(26,27)18-13(2)22-23(4)14(18)3/h5-6,11,15H,7-10H2,1-4H3,(H,21,25). The molecule has 1 amide bonds. The van der Waals surface area contributed by atoms with Crippen LogP contribution in [0.15, 0.2) is 27.6 Å². The van der Waals surface area contributed by atoms with Crippen LogP contribution in [0.3, 0.4) is 0 Å². The summed E-state index contributed by atoms with van der Waals surface area (Å²) in [5, 5.41) is 7.16. The highest BCUT2D eigenvalue weighted by Crippen LogP contribution is 2.28. The van der Waals surface area contributed by atoms with E-state index in [-0.39, 0.29) is 16.7 Å².